The van der Waals surface area contributed by atoms with Crippen LogP contribution in [-0.4, -0.2) is 18.2 Å². The summed E-state index contributed by atoms with van der Waals surface area (Å²) in [6, 6.07) is 12.5. The first-order chi connectivity index (χ1) is 9.11. The number of carbonyl (C=O) groups is 1. The predicted octanol–water partition coefficient (Wildman–Crippen LogP) is 3.13. The average molecular weight is 275 g/mol. The lowest BCUT2D eigenvalue weighted by Gasteiger charge is -2.08. The summed E-state index contributed by atoms with van der Waals surface area (Å²) in [5, 5.41) is 8.92. The topological polar surface area (TPSA) is 72.5 Å². The second-order valence-corrected chi connectivity index (χ2v) is 4.92. The van der Waals surface area contributed by atoms with Crippen molar-refractivity contribution < 1.29 is 14.6 Å². The van der Waals surface area contributed by atoms with Crippen LogP contribution in [0.5, 0.6) is 5.75 Å². The molecule has 0 radical (unpaired) electrons. The fraction of sp³-hybridized carbons (Fsp3) is 0.0714. The fourth-order valence-electron chi connectivity index (χ4n) is 1.63. The summed E-state index contributed by atoms with van der Waals surface area (Å²) in [4.78, 5) is 12.7. The number of anilines is 1. The summed E-state index contributed by atoms with van der Waals surface area (Å²) in [6.45, 7) is 0. The third-order valence-corrected chi connectivity index (χ3v) is 3.60. The highest BCUT2D eigenvalue weighted by Crippen LogP contribution is 2.35. The maximum absolute atomic E-state index is 10.9. The Kier molecular flexibility index (Phi) is 3.97. The van der Waals surface area contributed by atoms with Crippen LogP contribution in [0, 0.1) is 0 Å². The summed E-state index contributed by atoms with van der Waals surface area (Å²) in [5.41, 5.74) is 6.09. The number of carboxylic acid groups (broad SMARTS) is 1. The number of para-hydroxylation sites is 1. The molecule has 0 aliphatic rings. The van der Waals surface area contributed by atoms with Crippen LogP contribution in [0.2, 0.25) is 0 Å². The first-order valence-corrected chi connectivity index (χ1v) is 6.37. The van der Waals surface area contributed by atoms with Gasteiger partial charge in [0.2, 0.25) is 0 Å². The van der Waals surface area contributed by atoms with E-state index in [4.69, 9.17) is 15.6 Å². The van der Waals surface area contributed by atoms with Gasteiger partial charge in [-0.3, -0.25) is 0 Å². The van der Waals surface area contributed by atoms with E-state index < -0.39 is 5.97 Å². The van der Waals surface area contributed by atoms with Crippen molar-refractivity contribution in [3.8, 4) is 5.75 Å². The number of hydrogen-bond acceptors (Lipinski definition) is 4. The molecular weight excluding hydrogens is 262 g/mol. The lowest BCUT2D eigenvalue weighted by atomic mass is 10.2. The Hall–Kier alpha value is -2.14. The SMILES string of the molecule is COc1ccccc1Sc1ccc(C(=O)O)c(N)c1. The molecule has 0 saturated heterocycles. The van der Waals surface area contributed by atoms with E-state index in [1.165, 1.54) is 17.8 Å². The Balaban J connectivity index is 2.29. The van der Waals surface area contributed by atoms with Crippen LogP contribution >= 0.6 is 11.8 Å². The second-order valence-electron chi connectivity index (χ2n) is 3.81. The van der Waals surface area contributed by atoms with Gasteiger partial charge in [0.15, 0.2) is 0 Å². The van der Waals surface area contributed by atoms with Crippen LogP contribution in [0.1, 0.15) is 10.4 Å². The molecule has 0 aliphatic heterocycles. The van der Waals surface area contributed by atoms with Crippen molar-refractivity contribution in [2.24, 2.45) is 0 Å². The molecule has 0 amide bonds. The monoisotopic (exact) mass is 275 g/mol. The Bertz CT molecular complexity index is 613. The van der Waals surface area contributed by atoms with Crippen molar-refractivity contribution in [3.63, 3.8) is 0 Å². The summed E-state index contributed by atoms with van der Waals surface area (Å²) in [7, 11) is 1.61. The molecule has 2 rings (SSSR count). The predicted molar refractivity (Wildman–Crippen MR) is 74.9 cm³/mol. The first-order valence-electron chi connectivity index (χ1n) is 5.55. The van der Waals surface area contributed by atoms with Gasteiger partial charge in [-0.1, -0.05) is 23.9 Å². The van der Waals surface area contributed by atoms with Crippen molar-refractivity contribution in [1.29, 1.82) is 0 Å². The molecule has 4 nitrogen and oxygen atoms in total. The van der Waals surface area contributed by atoms with E-state index in [0.29, 0.717) is 0 Å². The molecule has 3 N–H and O–H groups in total. The molecule has 0 heterocycles. The minimum atomic E-state index is -1.02. The number of nitrogen functional groups attached to an aromatic ring is 1. The minimum Gasteiger partial charge on any atom is -0.496 e. The summed E-state index contributed by atoms with van der Waals surface area (Å²) < 4.78 is 5.26. The van der Waals surface area contributed by atoms with Crippen LogP contribution in [-0.2, 0) is 0 Å². The number of ether oxygens (including phenoxy) is 1. The van der Waals surface area contributed by atoms with Gasteiger partial charge in [0.1, 0.15) is 5.75 Å². The van der Waals surface area contributed by atoms with E-state index in [1.54, 1.807) is 19.2 Å². The molecule has 0 fully saturated rings. The third kappa shape index (κ3) is 3.00. The van der Waals surface area contributed by atoms with E-state index in [0.717, 1.165) is 15.5 Å². The van der Waals surface area contributed by atoms with Crippen LogP contribution in [0.25, 0.3) is 0 Å². The summed E-state index contributed by atoms with van der Waals surface area (Å²) in [5.74, 6) is -0.250. The van der Waals surface area contributed by atoms with E-state index >= 15 is 0 Å². The summed E-state index contributed by atoms with van der Waals surface area (Å²) in [6.07, 6.45) is 0. The van der Waals surface area contributed by atoms with Gasteiger partial charge in [-0.25, -0.2) is 4.79 Å². The standard InChI is InChI=1S/C14H13NO3S/c1-18-12-4-2-3-5-13(12)19-9-6-7-10(14(16)17)11(15)8-9/h2-8H,15H2,1H3,(H,16,17). The molecule has 98 valence electrons. The van der Waals surface area contributed by atoms with Crippen molar-refractivity contribution >= 4 is 23.4 Å². The molecule has 5 heteroatoms. The van der Waals surface area contributed by atoms with Crippen LogP contribution in [0.4, 0.5) is 5.69 Å². The zero-order valence-corrected chi connectivity index (χ0v) is 11.1. The fourth-order valence-corrected chi connectivity index (χ4v) is 2.60. The lowest BCUT2D eigenvalue weighted by molar-refractivity contribution is 0.0698. The molecule has 19 heavy (non-hydrogen) atoms. The van der Waals surface area contributed by atoms with Crippen molar-refractivity contribution in [1.82, 2.24) is 0 Å². The Morgan fingerprint density at radius 3 is 2.63 bits per heavy atom. The van der Waals surface area contributed by atoms with E-state index in [9.17, 15) is 4.79 Å². The molecule has 0 aromatic heterocycles. The maximum Gasteiger partial charge on any atom is 0.337 e. The van der Waals surface area contributed by atoms with E-state index in [2.05, 4.69) is 0 Å². The molecule has 0 spiro atoms. The Morgan fingerprint density at radius 1 is 1.26 bits per heavy atom. The molecule has 0 atom stereocenters. The van der Waals surface area contributed by atoms with E-state index in [-0.39, 0.29) is 11.3 Å². The van der Waals surface area contributed by atoms with Crippen molar-refractivity contribution in [2.45, 2.75) is 9.79 Å². The molecule has 0 unspecified atom stereocenters. The van der Waals surface area contributed by atoms with Gasteiger partial charge in [-0.15, -0.1) is 0 Å². The quantitative estimate of drug-likeness (QED) is 0.839. The average Bonchev–Trinajstić information content (AvgIpc) is 2.39. The maximum atomic E-state index is 10.9. The number of carboxylic acids is 1. The molecule has 0 saturated carbocycles. The summed E-state index contributed by atoms with van der Waals surface area (Å²) >= 11 is 1.48. The Morgan fingerprint density at radius 2 is 2.00 bits per heavy atom. The number of hydrogen-bond donors (Lipinski definition) is 2. The van der Waals surface area contributed by atoms with Gasteiger partial charge in [0, 0.05) is 10.6 Å². The van der Waals surface area contributed by atoms with Gasteiger partial charge < -0.3 is 15.6 Å². The van der Waals surface area contributed by atoms with Crippen molar-refractivity contribution in [2.75, 3.05) is 12.8 Å². The highest BCUT2D eigenvalue weighted by atomic mass is 32.2. The van der Waals surface area contributed by atoms with Gasteiger partial charge >= 0.3 is 5.97 Å². The molecule has 2 aromatic rings. The molecule has 0 aliphatic carbocycles. The van der Waals surface area contributed by atoms with Gasteiger partial charge in [0.25, 0.3) is 0 Å². The molecular formula is C14H13NO3S. The number of aromatic carboxylic acids is 1. The largest absolute Gasteiger partial charge is 0.496 e. The second kappa shape index (κ2) is 5.67. The van der Waals surface area contributed by atoms with Gasteiger partial charge in [-0.2, -0.15) is 0 Å². The zero-order valence-electron chi connectivity index (χ0n) is 10.3. The molecule has 0 bridgehead atoms. The highest BCUT2D eigenvalue weighted by Gasteiger charge is 2.10. The number of benzene rings is 2. The van der Waals surface area contributed by atoms with Crippen molar-refractivity contribution in [3.05, 3.63) is 48.0 Å². The number of methoxy groups -OCH3 is 1. The number of nitrogens with two attached hydrogens (primary N) is 1. The molecule has 2 aromatic carbocycles. The normalized spacial score (nSPS) is 10.2. The smallest absolute Gasteiger partial charge is 0.337 e. The van der Waals surface area contributed by atoms with E-state index in [1.807, 2.05) is 24.3 Å². The van der Waals surface area contributed by atoms with Gasteiger partial charge in [0.05, 0.1) is 17.6 Å². The number of rotatable bonds is 4. The highest BCUT2D eigenvalue weighted by molar-refractivity contribution is 7.99. The van der Waals surface area contributed by atoms with Crippen LogP contribution in [0.3, 0.4) is 0 Å². The third-order valence-electron chi connectivity index (χ3n) is 2.55. The first kappa shape index (κ1) is 13.3. The minimum absolute atomic E-state index is 0.115. The van der Waals surface area contributed by atoms with Crippen LogP contribution in [0.15, 0.2) is 52.3 Å². The van der Waals surface area contributed by atoms with Gasteiger partial charge in [-0.05, 0) is 30.3 Å². The lowest BCUT2D eigenvalue weighted by Crippen LogP contribution is -2.01. The Labute approximate surface area is 115 Å². The van der Waals surface area contributed by atoms with Crippen LogP contribution < -0.4 is 10.5 Å². The zero-order chi connectivity index (χ0) is 13.8.